The Labute approximate surface area is 149 Å². The van der Waals surface area contributed by atoms with Crippen LogP contribution < -0.4 is 11.5 Å². The third-order valence-electron chi connectivity index (χ3n) is 3.73. The van der Waals surface area contributed by atoms with Gasteiger partial charge in [0.05, 0.1) is 16.8 Å². The number of H-pyrrole nitrogens is 1. The number of sulfone groups is 1. The number of hydrogen-bond acceptors (Lipinski definition) is 4. The molecular weight excluding hydrogens is 357 g/mol. The molecule has 0 bridgehead atoms. The summed E-state index contributed by atoms with van der Waals surface area (Å²) in [6.07, 6.45) is 2.55. The van der Waals surface area contributed by atoms with Crippen LogP contribution in [0.4, 0.5) is 4.39 Å². The van der Waals surface area contributed by atoms with Crippen LogP contribution in [0.5, 0.6) is 0 Å². The first-order chi connectivity index (χ1) is 12.3. The molecule has 0 amide bonds. The van der Waals surface area contributed by atoms with E-state index in [0.717, 1.165) is 6.26 Å². The molecule has 1 heterocycles. The summed E-state index contributed by atoms with van der Waals surface area (Å²) in [5, 5.41) is 7.97. The van der Waals surface area contributed by atoms with Crippen molar-refractivity contribution in [3.63, 3.8) is 0 Å². The fourth-order valence-electron chi connectivity index (χ4n) is 2.57. The summed E-state index contributed by atoms with van der Waals surface area (Å²) in [5.41, 5.74) is 13.2. The van der Waals surface area contributed by atoms with Crippen molar-refractivity contribution >= 4 is 32.9 Å². The average Bonchev–Trinajstić information content (AvgIpc) is 2.92. The molecule has 3 aromatic rings. The molecule has 0 saturated heterocycles. The van der Waals surface area contributed by atoms with E-state index in [1.807, 2.05) is 0 Å². The van der Waals surface area contributed by atoms with E-state index in [0.29, 0.717) is 27.7 Å². The van der Waals surface area contributed by atoms with Crippen LogP contribution in [0.15, 0.2) is 57.6 Å². The average molecular weight is 373 g/mol. The second-order valence-corrected chi connectivity index (χ2v) is 7.69. The SMILES string of the molecule is CS(=O)(=O)c1ccc(-c2[nH]c3ccc(F)cc3c2/C=N/N=C(N)N)cc1. The number of nitrogens with two attached hydrogens (primary N) is 2. The zero-order chi connectivity index (χ0) is 18.9. The molecule has 26 heavy (non-hydrogen) atoms. The van der Waals surface area contributed by atoms with Gasteiger partial charge >= 0.3 is 0 Å². The van der Waals surface area contributed by atoms with Crippen molar-refractivity contribution in [2.45, 2.75) is 4.90 Å². The number of nitrogens with zero attached hydrogens (tertiary/aromatic N) is 2. The van der Waals surface area contributed by atoms with Gasteiger partial charge in [0, 0.05) is 22.7 Å². The van der Waals surface area contributed by atoms with Crippen molar-refractivity contribution in [1.29, 1.82) is 0 Å². The van der Waals surface area contributed by atoms with Crippen LogP contribution in [0.3, 0.4) is 0 Å². The van der Waals surface area contributed by atoms with E-state index in [1.165, 1.54) is 30.5 Å². The summed E-state index contributed by atoms with van der Waals surface area (Å²) in [4.78, 5) is 3.39. The quantitative estimate of drug-likeness (QED) is 0.367. The summed E-state index contributed by atoms with van der Waals surface area (Å²) >= 11 is 0. The van der Waals surface area contributed by atoms with Crippen LogP contribution in [-0.2, 0) is 9.84 Å². The molecule has 0 unspecified atom stereocenters. The third-order valence-corrected chi connectivity index (χ3v) is 4.86. The smallest absolute Gasteiger partial charge is 0.211 e. The van der Waals surface area contributed by atoms with Gasteiger partial charge < -0.3 is 16.5 Å². The summed E-state index contributed by atoms with van der Waals surface area (Å²) in [6, 6.07) is 10.7. The van der Waals surface area contributed by atoms with Gasteiger partial charge in [-0.15, -0.1) is 5.10 Å². The van der Waals surface area contributed by atoms with Gasteiger partial charge in [0.1, 0.15) is 5.82 Å². The van der Waals surface area contributed by atoms with Crippen LogP contribution in [0.25, 0.3) is 22.2 Å². The molecular formula is C17H16FN5O2S. The maximum atomic E-state index is 13.7. The normalized spacial score (nSPS) is 11.9. The highest BCUT2D eigenvalue weighted by molar-refractivity contribution is 7.90. The Hall–Kier alpha value is -3.20. The summed E-state index contributed by atoms with van der Waals surface area (Å²) in [7, 11) is -3.30. The fourth-order valence-corrected chi connectivity index (χ4v) is 3.20. The molecule has 9 heteroatoms. The first-order valence-corrected chi connectivity index (χ1v) is 9.38. The number of hydrogen-bond donors (Lipinski definition) is 3. The number of fused-ring (bicyclic) bond motifs is 1. The van der Waals surface area contributed by atoms with Crippen LogP contribution in [0.2, 0.25) is 0 Å². The van der Waals surface area contributed by atoms with E-state index < -0.39 is 15.7 Å². The molecule has 0 aliphatic rings. The minimum absolute atomic E-state index is 0.202. The lowest BCUT2D eigenvalue weighted by Gasteiger charge is -2.03. The van der Waals surface area contributed by atoms with Gasteiger partial charge in [0.25, 0.3) is 0 Å². The van der Waals surface area contributed by atoms with E-state index in [4.69, 9.17) is 11.5 Å². The van der Waals surface area contributed by atoms with Crippen LogP contribution in [-0.4, -0.2) is 31.8 Å². The highest BCUT2D eigenvalue weighted by atomic mass is 32.2. The number of guanidine groups is 1. The Balaban J connectivity index is 2.18. The minimum Gasteiger partial charge on any atom is -0.369 e. The Morgan fingerprint density at radius 3 is 2.46 bits per heavy atom. The van der Waals surface area contributed by atoms with E-state index >= 15 is 0 Å². The Morgan fingerprint density at radius 1 is 1.15 bits per heavy atom. The van der Waals surface area contributed by atoms with Crippen molar-refractivity contribution in [3.05, 3.63) is 53.8 Å². The van der Waals surface area contributed by atoms with Gasteiger partial charge in [-0.2, -0.15) is 5.10 Å². The van der Waals surface area contributed by atoms with Crippen molar-refractivity contribution in [2.75, 3.05) is 6.26 Å². The molecule has 0 radical (unpaired) electrons. The Kier molecular flexibility index (Phi) is 4.47. The van der Waals surface area contributed by atoms with E-state index in [9.17, 15) is 12.8 Å². The highest BCUT2D eigenvalue weighted by Gasteiger charge is 2.14. The number of halogens is 1. The van der Waals surface area contributed by atoms with Crippen molar-refractivity contribution in [1.82, 2.24) is 4.98 Å². The molecule has 0 atom stereocenters. The van der Waals surface area contributed by atoms with Crippen molar-refractivity contribution < 1.29 is 12.8 Å². The molecule has 0 fully saturated rings. The van der Waals surface area contributed by atoms with Gasteiger partial charge in [-0.1, -0.05) is 12.1 Å². The summed E-state index contributed by atoms with van der Waals surface area (Å²) in [6.45, 7) is 0. The van der Waals surface area contributed by atoms with E-state index in [1.54, 1.807) is 18.2 Å². The van der Waals surface area contributed by atoms with Gasteiger partial charge in [-0.3, -0.25) is 0 Å². The monoisotopic (exact) mass is 373 g/mol. The molecule has 0 saturated carbocycles. The number of aromatic amines is 1. The standard InChI is InChI=1S/C17H16FN5O2S/c1-26(24,25)12-5-2-10(3-6-12)16-14(9-21-23-17(19)20)13-8-11(18)4-7-15(13)22-16/h2-9,22H,1H3,(H4,19,20,23)/b21-9+. The third kappa shape index (κ3) is 3.57. The molecule has 2 aromatic carbocycles. The molecule has 1 aromatic heterocycles. The molecule has 7 nitrogen and oxygen atoms in total. The van der Waals surface area contributed by atoms with Crippen molar-refractivity contribution in [3.8, 4) is 11.3 Å². The Bertz CT molecular complexity index is 1130. The van der Waals surface area contributed by atoms with E-state index in [2.05, 4.69) is 15.2 Å². The Morgan fingerprint density at radius 2 is 1.85 bits per heavy atom. The number of benzene rings is 2. The lowest BCUT2D eigenvalue weighted by molar-refractivity contribution is 0.602. The second kappa shape index (κ2) is 6.60. The van der Waals surface area contributed by atoms with Gasteiger partial charge in [0.15, 0.2) is 9.84 Å². The molecule has 5 N–H and O–H groups in total. The van der Waals surface area contributed by atoms with E-state index in [-0.39, 0.29) is 10.9 Å². The second-order valence-electron chi connectivity index (χ2n) is 5.67. The van der Waals surface area contributed by atoms with Crippen LogP contribution >= 0.6 is 0 Å². The first-order valence-electron chi connectivity index (χ1n) is 7.49. The fraction of sp³-hybridized carbons (Fsp3) is 0.0588. The topological polar surface area (TPSA) is 127 Å². The summed E-state index contributed by atoms with van der Waals surface area (Å²) < 4.78 is 36.9. The largest absolute Gasteiger partial charge is 0.369 e. The predicted molar refractivity (Wildman–Crippen MR) is 100 cm³/mol. The molecule has 0 aliphatic heterocycles. The molecule has 3 rings (SSSR count). The molecule has 134 valence electrons. The van der Waals surface area contributed by atoms with Crippen LogP contribution in [0, 0.1) is 5.82 Å². The van der Waals surface area contributed by atoms with Gasteiger partial charge in [-0.25, -0.2) is 12.8 Å². The van der Waals surface area contributed by atoms with Gasteiger partial charge in [-0.05, 0) is 35.9 Å². The number of rotatable bonds is 4. The van der Waals surface area contributed by atoms with Gasteiger partial charge in [0.2, 0.25) is 5.96 Å². The highest BCUT2D eigenvalue weighted by Crippen LogP contribution is 2.30. The molecule has 0 spiro atoms. The lowest BCUT2D eigenvalue weighted by Crippen LogP contribution is -2.21. The number of nitrogens with one attached hydrogen (secondary N) is 1. The van der Waals surface area contributed by atoms with Crippen LogP contribution in [0.1, 0.15) is 5.56 Å². The minimum atomic E-state index is -3.30. The molecule has 0 aliphatic carbocycles. The first kappa shape index (κ1) is 17.6. The zero-order valence-corrected chi connectivity index (χ0v) is 14.6. The zero-order valence-electron chi connectivity index (χ0n) is 13.8. The maximum absolute atomic E-state index is 13.7. The van der Waals surface area contributed by atoms with Crippen molar-refractivity contribution in [2.24, 2.45) is 21.7 Å². The predicted octanol–water partition coefficient (Wildman–Crippen LogP) is 1.98. The lowest BCUT2D eigenvalue weighted by atomic mass is 10.1. The summed E-state index contributed by atoms with van der Waals surface area (Å²) in [5.74, 6) is -0.599. The maximum Gasteiger partial charge on any atom is 0.211 e. The number of aromatic nitrogens is 1.